The average Bonchev–Trinajstić information content (AvgIpc) is 3.61. The van der Waals surface area contributed by atoms with Gasteiger partial charge >= 0.3 is 5.76 Å². The van der Waals surface area contributed by atoms with Crippen molar-refractivity contribution in [1.29, 1.82) is 0 Å². The third kappa shape index (κ3) is 6.27. The van der Waals surface area contributed by atoms with Gasteiger partial charge in [-0.2, -0.15) is 4.98 Å². The number of nitrogens with zero attached hydrogens (tertiary/aromatic N) is 6. The minimum absolute atomic E-state index is 0.00838. The van der Waals surface area contributed by atoms with Crippen LogP contribution in [0.3, 0.4) is 0 Å². The smallest absolute Gasteiger partial charge is 0.384 e. The summed E-state index contributed by atoms with van der Waals surface area (Å²) in [6, 6.07) is 10.4. The van der Waals surface area contributed by atoms with Crippen molar-refractivity contribution in [3.05, 3.63) is 82.0 Å². The normalized spacial score (nSPS) is 23.1. The fourth-order valence-corrected chi connectivity index (χ4v) is 6.43. The molecule has 0 unspecified atom stereocenters. The maximum atomic E-state index is 11.8. The van der Waals surface area contributed by atoms with Gasteiger partial charge in [0.25, 0.3) is 5.89 Å². The van der Waals surface area contributed by atoms with Gasteiger partial charge in [0.1, 0.15) is 11.2 Å². The minimum atomic E-state index is -0.683. The van der Waals surface area contributed by atoms with Crippen LogP contribution in [-0.4, -0.2) is 49.0 Å². The number of fused-ring (bicyclic) bond motifs is 1. The first-order valence-corrected chi connectivity index (χ1v) is 15.6. The van der Waals surface area contributed by atoms with Crippen LogP contribution in [-0.2, 0) is 11.3 Å². The molecular formula is C33H38ClN7O3. The zero-order chi connectivity index (χ0) is 30.8. The summed E-state index contributed by atoms with van der Waals surface area (Å²) in [5.74, 6) is 1.50. The third-order valence-corrected chi connectivity index (χ3v) is 8.73. The molecule has 1 saturated heterocycles. The molecule has 6 rings (SSSR count). The van der Waals surface area contributed by atoms with E-state index in [2.05, 4.69) is 64.4 Å². The third-order valence-electron chi connectivity index (χ3n) is 8.61. The quantitative estimate of drug-likeness (QED) is 0.218. The Morgan fingerprint density at radius 1 is 1.14 bits per heavy atom. The second-order valence-corrected chi connectivity index (χ2v) is 12.5. The Balaban J connectivity index is 1.56. The topological polar surface area (TPSA) is 115 Å². The van der Waals surface area contributed by atoms with E-state index < -0.39 is 5.76 Å². The van der Waals surface area contributed by atoms with Gasteiger partial charge < -0.3 is 18.6 Å². The lowest BCUT2D eigenvalue weighted by Gasteiger charge is -2.41. The molecule has 2 atom stereocenters. The molecular weight excluding hydrogens is 578 g/mol. The van der Waals surface area contributed by atoms with Crippen molar-refractivity contribution >= 4 is 34.3 Å². The number of benzene rings is 1. The van der Waals surface area contributed by atoms with E-state index in [1.54, 1.807) is 6.08 Å². The van der Waals surface area contributed by atoms with Crippen molar-refractivity contribution in [1.82, 2.24) is 29.7 Å². The number of morpholine rings is 1. The zero-order valence-corrected chi connectivity index (χ0v) is 26.1. The van der Waals surface area contributed by atoms with E-state index in [0.717, 1.165) is 42.3 Å². The number of H-pyrrole nitrogens is 1. The maximum absolute atomic E-state index is 11.8. The Morgan fingerprint density at radius 3 is 2.61 bits per heavy atom. The molecule has 0 bridgehead atoms. The highest BCUT2D eigenvalue weighted by atomic mass is 35.5. The highest BCUT2D eigenvalue weighted by molar-refractivity contribution is 6.29. The number of halogens is 1. The lowest BCUT2D eigenvalue weighted by Crippen LogP contribution is -2.45. The predicted molar refractivity (Wildman–Crippen MR) is 172 cm³/mol. The number of hydrogen-bond acceptors (Lipinski definition) is 8. The summed E-state index contributed by atoms with van der Waals surface area (Å²) in [5, 5.41) is 6.95. The van der Waals surface area contributed by atoms with Crippen molar-refractivity contribution in [2.75, 3.05) is 18.1 Å². The Bertz CT molecular complexity index is 1740. The van der Waals surface area contributed by atoms with Crippen LogP contribution in [0.25, 0.3) is 28.5 Å². The number of imidazole rings is 1. The molecule has 0 amide bonds. The molecule has 10 nitrogen and oxygen atoms in total. The van der Waals surface area contributed by atoms with Crippen LogP contribution in [0.15, 0.2) is 69.4 Å². The standard InChI is InChI=1S/C33H38ClN7O3/c1-20-13-15-24(16-14-20)19-41-28-26(21(2)9-8-10-22(3)34)35-30(31-38-39-33(42)44-31)36-29(28)37-32(41)40-17-18-43-23(4)27(40)25-11-6-5-7-12-25/h5-12,20,23-24,27H,2,13-19H2,1,3-4H3,(H,39,42)/b9-8-,22-10+/t20?,23-,24?,27+/m1/s1. The van der Waals surface area contributed by atoms with Gasteiger partial charge in [-0.05, 0) is 55.7 Å². The first kappa shape index (κ1) is 30.0. The summed E-state index contributed by atoms with van der Waals surface area (Å²) >= 11 is 6.09. The van der Waals surface area contributed by atoms with E-state index in [4.69, 9.17) is 35.7 Å². The summed E-state index contributed by atoms with van der Waals surface area (Å²) in [5.41, 5.74) is 3.66. The minimum Gasteiger partial charge on any atom is -0.384 e. The molecule has 230 valence electrons. The van der Waals surface area contributed by atoms with Crippen molar-refractivity contribution in [3.63, 3.8) is 0 Å². The monoisotopic (exact) mass is 615 g/mol. The van der Waals surface area contributed by atoms with Crippen molar-refractivity contribution in [2.24, 2.45) is 11.8 Å². The van der Waals surface area contributed by atoms with Crippen LogP contribution < -0.4 is 10.7 Å². The van der Waals surface area contributed by atoms with Gasteiger partial charge in [0.2, 0.25) is 11.8 Å². The van der Waals surface area contributed by atoms with E-state index in [1.807, 2.05) is 25.1 Å². The number of anilines is 1. The second kappa shape index (κ2) is 12.9. The van der Waals surface area contributed by atoms with Crippen LogP contribution in [0, 0.1) is 11.8 Å². The first-order valence-electron chi connectivity index (χ1n) is 15.3. The molecule has 1 aliphatic heterocycles. The average molecular weight is 616 g/mol. The van der Waals surface area contributed by atoms with Crippen molar-refractivity contribution < 1.29 is 9.15 Å². The number of allylic oxidation sites excluding steroid dienone is 5. The summed E-state index contributed by atoms with van der Waals surface area (Å²) in [7, 11) is 0. The molecule has 2 fully saturated rings. The fourth-order valence-electron chi connectivity index (χ4n) is 6.35. The summed E-state index contributed by atoms with van der Waals surface area (Å²) in [6.45, 7) is 12.6. The number of hydrogen-bond donors (Lipinski definition) is 1. The lowest BCUT2D eigenvalue weighted by molar-refractivity contribution is 0.0221. The molecule has 2 aliphatic rings. The van der Waals surface area contributed by atoms with Gasteiger partial charge in [-0.3, -0.25) is 0 Å². The van der Waals surface area contributed by atoms with E-state index in [0.29, 0.717) is 41.0 Å². The predicted octanol–water partition coefficient (Wildman–Crippen LogP) is 6.67. The number of rotatable bonds is 8. The van der Waals surface area contributed by atoms with Gasteiger partial charge in [-0.15, -0.1) is 5.10 Å². The van der Waals surface area contributed by atoms with Crippen molar-refractivity contribution in [2.45, 2.75) is 65.1 Å². The summed E-state index contributed by atoms with van der Waals surface area (Å²) < 4.78 is 13.7. The summed E-state index contributed by atoms with van der Waals surface area (Å²) in [4.78, 5) is 29.0. The molecule has 1 N–H and O–H groups in total. The highest BCUT2D eigenvalue weighted by Gasteiger charge is 2.35. The van der Waals surface area contributed by atoms with Crippen LogP contribution in [0.5, 0.6) is 0 Å². The number of aromatic amines is 1. The molecule has 0 spiro atoms. The van der Waals surface area contributed by atoms with Crippen LogP contribution >= 0.6 is 11.6 Å². The van der Waals surface area contributed by atoms with Crippen molar-refractivity contribution in [3.8, 4) is 11.7 Å². The first-order chi connectivity index (χ1) is 21.3. The highest BCUT2D eigenvalue weighted by Crippen LogP contribution is 2.39. The Labute approximate surface area is 261 Å². The van der Waals surface area contributed by atoms with Crippen LogP contribution in [0.1, 0.15) is 63.8 Å². The van der Waals surface area contributed by atoms with Gasteiger partial charge in [-0.1, -0.05) is 80.4 Å². The van der Waals surface area contributed by atoms with Gasteiger partial charge in [-0.25, -0.2) is 19.9 Å². The van der Waals surface area contributed by atoms with Gasteiger partial charge in [0, 0.05) is 18.1 Å². The fraction of sp³-hybridized carbons (Fsp3) is 0.424. The molecule has 4 aromatic rings. The van der Waals surface area contributed by atoms with Gasteiger partial charge in [0.15, 0.2) is 5.65 Å². The SMILES string of the molecule is C=C(/C=C\C=C(/C)Cl)c1nc(-c2n[nH]c(=O)o2)nc2nc(N3CCO[C@H](C)[C@H]3c3ccccc3)n(CC3CCC(C)CC3)c12. The molecule has 1 aromatic carbocycles. The van der Waals surface area contributed by atoms with Crippen LogP contribution in [0.4, 0.5) is 5.95 Å². The second-order valence-electron chi connectivity index (χ2n) is 11.9. The largest absolute Gasteiger partial charge is 0.434 e. The molecule has 1 saturated carbocycles. The molecule has 1 aliphatic carbocycles. The molecule has 0 radical (unpaired) electrons. The zero-order valence-electron chi connectivity index (χ0n) is 25.4. The summed E-state index contributed by atoms with van der Waals surface area (Å²) in [6.07, 6.45) is 10.2. The van der Waals surface area contributed by atoms with E-state index in [1.165, 1.54) is 12.8 Å². The van der Waals surface area contributed by atoms with E-state index >= 15 is 0 Å². The Kier molecular flexibility index (Phi) is 8.81. The number of aromatic nitrogens is 6. The van der Waals surface area contributed by atoms with E-state index in [9.17, 15) is 4.79 Å². The van der Waals surface area contributed by atoms with E-state index in [-0.39, 0.29) is 23.9 Å². The van der Waals surface area contributed by atoms with Gasteiger partial charge in [0.05, 0.1) is 18.8 Å². The number of ether oxygens (including phenoxy) is 1. The maximum Gasteiger partial charge on any atom is 0.434 e. The molecule has 3 aromatic heterocycles. The lowest BCUT2D eigenvalue weighted by atomic mass is 9.83. The Morgan fingerprint density at radius 2 is 1.91 bits per heavy atom. The number of nitrogens with one attached hydrogen (secondary N) is 1. The molecule has 4 heterocycles. The van der Waals surface area contributed by atoms with Crippen LogP contribution in [0.2, 0.25) is 0 Å². The molecule has 44 heavy (non-hydrogen) atoms. The Hall–Kier alpha value is -4.02. The molecule has 11 heteroatoms.